The fourth-order valence-corrected chi connectivity index (χ4v) is 24.3. The maximum Gasteiger partial charge on any atom is 0.338 e. The first-order chi connectivity index (χ1) is 58.1. The lowest BCUT2D eigenvalue weighted by molar-refractivity contribution is -0.161. The third-order valence-electron chi connectivity index (χ3n) is 29.3. The van der Waals surface area contributed by atoms with Gasteiger partial charge >= 0.3 is 17.9 Å². The van der Waals surface area contributed by atoms with E-state index in [1.807, 2.05) is 24.3 Å². The fraction of sp³-hybridized carbons (Fsp3) is 0.529. The topological polar surface area (TPSA) is 262 Å². The number of esters is 3. The first-order valence-electron chi connectivity index (χ1n) is 43.6. The average molecular weight is 1940 g/mol. The van der Waals surface area contributed by atoms with Crippen molar-refractivity contribution >= 4 is 117 Å². The monoisotopic (exact) mass is 1940 g/mol. The van der Waals surface area contributed by atoms with Crippen LogP contribution in [0.15, 0.2) is 185 Å². The SMILES string of the molecule is C.C.C.CC1=C[C@@H](OC(=O)C2CCCCC2)[C@H]2[C@@H](CCC3=CC(=O)N(C(=O)C4CCCCC4)CC[C@@]32C)[C@@H]1CCC#N.CC1=C[C@@H](OC(=O)c2ccc(Br)cc2)[C@H]2[C@@H](CCC3=CC(=O)N(C(=O)c4ccc(Br)cc4)CC[C@@]32C)[C@@H]1CCC#N.CC1=C[C@@H](OC(=O)c2cccc(Br)c2)[C@H]2[C@@H](CCC3=CC(=O)N(C(=O)c4cccc(Br)c4)CC[C@@]32C)[C@@H]1CCC#N. The van der Waals surface area contributed by atoms with E-state index in [1.54, 1.807) is 91.0 Å². The molecule has 660 valence electrons. The fourth-order valence-electron chi connectivity index (χ4n) is 23.0. The molecule has 0 aromatic heterocycles. The molecule has 22 heteroatoms. The van der Waals surface area contributed by atoms with E-state index in [0.29, 0.717) is 67.3 Å². The number of benzene rings is 4. The Labute approximate surface area is 768 Å². The molecule has 5 saturated carbocycles. The first kappa shape index (κ1) is 97.7. The predicted molar refractivity (Wildman–Crippen MR) is 494 cm³/mol. The maximum absolute atomic E-state index is 13.5. The number of nitriles is 3. The molecule has 0 saturated heterocycles. The largest absolute Gasteiger partial charge is 0.458 e. The van der Waals surface area contributed by atoms with Gasteiger partial charge in [-0.2, -0.15) is 15.8 Å². The van der Waals surface area contributed by atoms with Crippen LogP contribution in [0.2, 0.25) is 0 Å². The summed E-state index contributed by atoms with van der Waals surface area (Å²) in [7, 11) is 0. The summed E-state index contributed by atoms with van der Waals surface area (Å²) in [6.07, 6.45) is 30.6. The predicted octanol–water partition coefficient (Wildman–Crippen LogP) is 23.9. The van der Waals surface area contributed by atoms with Crippen molar-refractivity contribution in [3.8, 4) is 18.2 Å². The summed E-state index contributed by atoms with van der Waals surface area (Å²) in [6, 6.07) is 35.3. The number of imide groups is 3. The second kappa shape index (κ2) is 42.9. The van der Waals surface area contributed by atoms with Crippen LogP contribution < -0.4 is 0 Å². The normalized spacial score (nSPS) is 28.8. The van der Waals surface area contributed by atoms with Gasteiger partial charge in [0.05, 0.1) is 35.3 Å². The number of carbonyl (C=O) groups is 9. The molecule has 11 aliphatic rings. The van der Waals surface area contributed by atoms with E-state index in [0.717, 1.165) is 155 Å². The molecule has 0 spiro atoms. The van der Waals surface area contributed by atoms with E-state index < -0.39 is 35.0 Å². The number of fused-ring (bicyclic) bond motifs is 9. The van der Waals surface area contributed by atoms with Gasteiger partial charge in [-0.1, -0.05) is 191 Å². The lowest BCUT2D eigenvalue weighted by atomic mass is 9.51. The zero-order chi connectivity index (χ0) is 86.2. The van der Waals surface area contributed by atoms with Crippen molar-refractivity contribution in [2.75, 3.05) is 19.6 Å². The summed E-state index contributed by atoms with van der Waals surface area (Å²) >= 11 is 13.7. The summed E-state index contributed by atoms with van der Waals surface area (Å²) in [5.74, 6) is -1.18. The van der Waals surface area contributed by atoms with E-state index in [9.17, 15) is 58.9 Å². The lowest BCUT2D eigenvalue weighted by Gasteiger charge is -2.54. The van der Waals surface area contributed by atoms with E-state index in [4.69, 9.17) is 14.2 Å². The Morgan fingerprint density at radius 3 is 1.15 bits per heavy atom. The molecule has 0 radical (unpaired) electrons. The Hall–Kier alpha value is -8.46. The van der Waals surface area contributed by atoms with Crippen LogP contribution in [-0.2, 0) is 38.2 Å². The molecule has 5 fully saturated rings. The molecule has 3 aliphatic heterocycles. The Bertz CT molecular complexity index is 4980. The zero-order valence-corrected chi connectivity index (χ0v) is 76.5. The van der Waals surface area contributed by atoms with Gasteiger partial charge in [-0.15, -0.1) is 0 Å². The van der Waals surface area contributed by atoms with Gasteiger partial charge in [0.2, 0.25) is 5.91 Å². The van der Waals surface area contributed by atoms with Gasteiger partial charge in [-0.3, -0.25) is 48.3 Å². The van der Waals surface area contributed by atoms with Gasteiger partial charge < -0.3 is 14.2 Å². The van der Waals surface area contributed by atoms with E-state index in [1.165, 1.54) is 33.1 Å². The van der Waals surface area contributed by atoms with E-state index in [-0.39, 0.29) is 153 Å². The average Bonchev–Trinajstić information content (AvgIpc) is 1.26. The molecule has 15 atom stereocenters. The summed E-state index contributed by atoms with van der Waals surface area (Å²) in [5, 5.41) is 28.1. The second-order valence-corrected chi connectivity index (χ2v) is 39.8. The third kappa shape index (κ3) is 21.2. The van der Waals surface area contributed by atoms with Gasteiger partial charge in [0.15, 0.2) is 0 Å². The number of nitrogens with zero attached hydrogens (tertiary/aromatic N) is 6. The van der Waals surface area contributed by atoms with Crippen LogP contribution in [0.4, 0.5) is 0 Å². The molecule has 6 amide bonds. The highest BCUT2D eigenvalue weighted by molar-refractivity contribution is 9.11. The van der Waals surface area contributed by atoms with Crippen LogP contribution in [0, 0.1) is 115 Å². The van der Waals surface area contributed by atoms with Crippen molar-refractivity contribution in [2.45, 2.75) is 243 Å². The van der Waals surface area contributed by atoms with Gasteiger partial charge in [-0.25, -0.2) is 9.59 Å². The highest BCUT2D eigenvalue weighted by atomic mass is 79.9. The highest BCUT2D eigenvalue weighted by Crippen LogP contribution is 2.62. The molecule has 8 aliphatic carbocycles. The van der Waals surface area contributed by atoms with Crippen molar-refractivity contribution in [1.82, 2.24) is 14.7 Å². The zero-order valence-electron chi connectivity index (χ0n) is 70.2. The Morgan fingerprint density at radius 2 is 0.750 bits per heavy atom. The van der Waals surface area contributed by atoms with Crippen molar-refractivity contribution in [2.24, 2.45) is 81.3 Å². The second-order valence-electron chi connectivity index (χ2n) is 36.1. The minimum atomic E-state index is -0.499. The number of ether oxygens (including phenoxy) is 3. The molecular formula is C102H122Br4N6O12. The van der Waals surface area contributed by atoms with Crippen LogP contribution in [0.1, 0.15) is 266 Å². The standard InChI is InChI=1S/2C33H32Br2N2O4.C33H46N2O4.3CH4/c1-20-16-28(41-32(40)22-7-4-9-25(35)18-22)30-27(26(20)10-5-14-36)12-11-23-19-29(38)37(15-13-33(23,30)2)31(39)21-6-3-8-24(34)17-21;1-20-18-28(41-32(40)22-7-12-25(35)13-8-22)30-27(26(20)4-3-16-36)14-9-23-19-29(38)37(17-15-33(23,30)2)31(39)21-5-10-24(34)11-6-21;1-22-20-28(39-32(38)24-12-7-4-8-13-24)30-27(26(22)14-9-18-34)16-15-25-21-29(36)35(19-17-33(25,30)2)31(37)23-10-5-3-6-11-23;;;/h3-4,6-9,16-19,26-28,30H,5,10-13,15H2,1-2H3;5-8,10-13,18-19,26-28,30H,3-4,9,14-15,17H2,1-2H3;20-21,23-24,26-28,30H,3-17,19H2,1-2H3;3*1H4/t3*26-,27+,28-,30-,33+;;;/m111.../s1. The van der Waals surface area contributed by atoms with Gasteiger partial charge in [0, 0.05) is 110 Å². The highest BCUT2D eigenvalue weighted by Gasteiger charge is 2.59. The molecule has 0 bridgehead atoms. The molecule has 15 rings (SSSR count). The van der Waals surface area contributed by atoms with Crippen molar-refractivity contribution in [1.29, 1.82) is 15.8 Å². The van der Waals surface area contributed by atoms with Gasteiger partial charge in [0.1, 0.15) is 18.3 Å². The van der Waals surface area contributed by atoms with Crippen molar-refractivity contribution in [3.63, 3.8) is 0 Å². The number of hydrogen-bond donors (Lipinski definition) is 0. The van der Waals surface area contributed by atoms with Crippen LogP contribution in [0.5, 0.6) is 0 Å². The molecule has 0 N–H and O–H groups in total. The van der Waals surface area contributed by atoms with Crippen LogP contribution in [-0.4, -0.2) is 106 Å². The van der Waals surface area contributed by atoms with Gasteiger partial charge in [0.25, 0.3) is 29.5 Å². The number of rotatable bonds is 15. The smallest absolute Gasteiger partial charge is 0.338 e. The molecule has 4 aromatic carbocycles. The summed E-state index contributed by atoms with van der Waals surface area (Å²) in [6.45, 7) is 13.8. The minimum Gasteiger partial charge on any atom is -0.458 e. The van der Waals surface area contributed by atoms with Crippen LogP contribution >= 0.6 is 63.7 Å². The van der Waals surface area contributed by atoms with Crippen molar-refractivity contribution < 1.29 is 57.4 Å². The summed E-state index contributed by atoms with van der Waals surface area (Å²) in [5.41, 5.74) is 7.18. The summed E-state index contributed by atoms with van der Waals surface area (Å²) < 4.78 is 22.2. The molecule has 0 unspecified atom stereocenters. The molecule has 3 heterocycles. The Kier molecular flexibility index (Phi) is 33.8. The molecule has 4 aromatic rings. The van der Waals surface area contributed by atoms with E-state index in [2.05, 4.69) is 142 Å². The van der Waals surface area contributed by atoms with E-state index >= 15 is 0 Å². The Balaban J connectivity index is 0.000000192. The Morgan fingerprint density at radius 1 is 0.411 bits per heavy atom. The number of amides is 6. The molecule has 18 nitrogen and oxygen atoms in total. The number of hydrogen-bond acceptors (Lipinski definition) is 15. The van der Waals surface area contributed by atoms with Crippen LogP contribution in [0.25, 0.3) is 0 Å². The van der Waals surface area contributed by atoms with Crippen molar-refractivity contribution in [3.05, 3.63) is 207 Å². The quantitative estimate of drug-likeness (QED) is 0.0463. The number of carbonyl (C=O) groups excluding carboxylic acids is 9. The number of halogens is 4. The molecule has 124 heavy (non-hydrogen) atoms. The van der Waals surface area contributed by atoms with Crippen LogP contribution in [0.3, 0.4) is 0 Å². The minimum absolute atomic E-state index is 0. The molecular weight excluding hydrogens is 1820 g/mol. The third-order valence-corrected chi connectivity index (χ3v) is 31.4. The lowest BCUT2D eigenvalue weighted by Crippen LogP contribution is -2.51. The summed E-state index contributed by atoms with van der Waals surface area (Å²) in [4.78, 5) is 125. The van der Waals surface area contributed by atoms with Gasteiger partial charge in [-0.05, 0) is 278 Å². The first-order valence-corrected chi connectivity index (χ1v) is 46.8. The number of allylic oxidation sites excluding steroid dienone is 6. The maximum atomic E-state index is 13.5.